The van der Waals surface area contributed by atoms with Crippen LogP contribution in [0.25, 0.3) is 0 Å². The van der Waals surface area contributed by atoms with Crippen LogP contribution in [0, 0.1) is 0 Å². The average Bonchev–Trinajstić information content (AvgIpc) is 2.69. The van der Waals surface area contributed by atoms with Crippen molar-refractivity contribution < 1.29 is 14.3 Å². The second-order valence-electron chi connectivity index (χ2n) is 5.95. The van der Waals surface area contributed by atoms with Crippen LogP contribution in [0.15, 0.2) is 83.3 Å². The number of esters is 1. The van der Waals surface area contributed by atoms with Gasteiger partial charge in [-0.2, -0.15) is 0 Å². The minimum absolute atomic E-state index is 0.339. The van der Waals surface area contributed by atoms with E-state index < -0.39 is 5.97 Å². The van der Waals surface area contributed by atoms with Crippen LogP contribution in [-0.2, 0) is 16.0 Å². The van der Waals surface area contributed by atoms with Gasteiger partial charge in [-0.3, -0.25) is 4.79 Å². The number of carbonyl (C=O) groups excluding carboxylic acids is 2. The number of nitrogens with one attached hydrogen (secondary N) is 1. The van der Waals surface area contributed by atoms with Gasteiger partial charge < -0.3 is 10.1 Å². The van der Waals surface area contributed by atoms with Gasteiger partial charge >= 0.3 is 5.97 Å². The van der Waals surface area contributed by atoms with Crippen LogP contribution in [0.4, 0.5) is 5.69 Å². The number of carbonyl (C=O) groups is 2. The van der Waals surface area contributed by atoms with E-state index in [9.17, 15) is 9.59 Å². The van der Waals surface area contributed by atoms with Crippen molar-refractivity contribution in [1.82, 2.24) is 0 Å². The Bertz CT molecular complexity index is 924. The number of hydrogen-bond donors (Lipinski definition) is 1. The first kappa shape index (κ1) is 18.9. The lowest BCUT2D eigenvalue weighted by Gasteiger charge is -2.10. The zero-order valence-electron chi connectivity index (χ0n) is 14.5. The molecule has 0 unspecified atom stereocenters. The molecule has 0 fully saturated rings. The molecule has 0 bridgehead atoms. The Morgan fingerprint density at radius 1 is 0.852 bits per heavy atom. The molecule has 0 aromatic heterocycles. The molecule has 4 nitrogen and oxygen atoms in total. The molecule has 0 aliphatic rings. The number of amides is 1. The highest BCUT2D eigenvalue weighted by Gasteiger charge is 2.14. The van der Waals surface area contributed by atoms with E-state index >= 15 is 0 Å². The summed E-state index contributed by atoms with van der Waals surface area (Å²) in [6, 6.07) is 24.3. The Morgan fingerprint density at radius 3 is 2.26 bits per heavy atom. The van der Waals surface area contributed by atoms with Crippen LogP contribution in [0.3, 0.4) is 0 Å². The van der Waals surface area contributed by atoms with Crippen LogP contribution in [0.1, 0.15) is 21.5 Å². The average molecular weight is 424 g/mol. The fourth-order valence-electron chi connectivity index (χ4n) is 2.63. The first-order chi connectivity index (χ1) is 13.1. The van der Waals surface area contributed by atoms with Gasteiger partial charge in [-0.1, -0.05) is 64.5 Å². The molecule has 0 saturated heterocycles. The second kappa shape index (κ2) is 9.14. The van der Waals surface area contributed by atoms with Crippen LogP contribution in [-0.4, -0.2) is 18.5 Å². The molecule has 5 heteroatoms. The summed E-state index contributed by atoms with van der Waals surface area (Å²) in [5.74, 6) is -0.890. The summed E-state index contributed by atoms with van der Waals surface area (Å²) < 4.78 is 6.12. The lowest BCUT2D eigenvalue weighted by Crippen LogP contribution is -2.21. The third-order valence-corrected chi connectivity index (χ3v) is 4.47. The molecule has 0 atom stereocenters. The summed E-state index contributed by atoms with van der Waals surface area (Å²) >= 11 is 3.34. The number of benzene rings is 3. The molecule has 0 aliphatic carbocycles. The number of rotatable bonds is 6. The Morgan fingerprint density at radius 2 is 1.52 bits per heavy atom. The smallest absolute Gasteiger partial charge is 0.338 e. The lowest BCUT2D eigenvalue weighted by molar-refractivity contribution is -0.119. The summed E-state index contributed by atoms with van der Waals surface area (Å²) in [7, 11) is 0. The van der Waals surface area contributed by atoms with Crippen molar-refractivity contribution in [2.75, 3.05) is 11.9 Å². The first-order valence-electron chi connectivity index (χ1n) is 8.46. The van der Waals surface area contributed by atoms with Crippen LogP contribution < -0.4 is 5.32 Å². The van der Waals surface area contributed by atoms with Gasteiger partial charge in [0, 0.05) is 10.2 Å². The maximum Gasteiger partial charge on any atom is 0.338 e. The lowest BCUT2D eigenvalue weighted by atomic mass is 10.00. The third-order valence-electron chi connectivity index (χ3n) is 3.94. The number of ether oxygens (including phenoxy) is 1. The largest absolute Gasteiger partial charge is 0.452 e. The van der Waals surface area contributed by atoms with Crippen LogP contribution in [0.2, 0.25) is 0 Å². The summed E-state index contributed by atoms with van der Waals surface area (Å²) in [4.78, 5) is 24.5. The predicted octanol–water partition coefficient (Wildman–Crippen LogP) is 4.84. The number of halogens is 1. The summed E-state index contributed by atoms with van der Waals surface area (Å²) in [5, 5.41) is 2.69. The van der Waals surface area contributed by atoms with E-state index in [0.717, 1.165) is 15.6 Å². The normalized spacial score (nSPS) is 10.3. The molecule has 0 heterocycles. The minimum Gasteiger partial charge on any atom is -0.452 e. The number of anilines is 1. The van der Waals surface area contributed by atoms with Crippen LogP contribution in [0.5, 0.6) is 0 Å². The fourth-order valence-corrected chi connectivity index (χ4v) is 2.89. The molecule has 1 amide bonds. The molecule has 27 heavy (non-hydrogen) atoms. The Labute approximate surface area is 166 Å². The molecule has 136 valence electrons. The summed E-state index contributed by atoms with van der Waals surface area (Å²) in [6.07, 6.45) is 0.622. The van der Waals surface area contributed by atoms with E-state index in [2.05, 4.69) is 21.2 Å². The predicted molar refractivity (Wildman–Crippen MR) is 109 cm³/mol. The summed E-state index contributed by atoms with van der Waals surface area (Å²) in [6.45, 7) is -0.339. The zero-order valence-corrected chi connectivity index (χ0v) is 16.1. The molecule has 0 spiro atoms. The van der Waals surface area contributed by atoms with E-state index in [4.69, 9.17) is 4.74 Å². The summed E-state index contributed by atoms with van der Waals surface area (Å²) in [5.41, 5.74) is 3.08. The van der Waals surface area contributed by atoms with Gasteiger partial charge in [0.1, 0.15) is 0 Å². The highest BCUT2D eigenvalue weighted by Crippen LogP contribution is 2.16. The van der Waals surface area contributed by atoms with Crippen molar-refractivity contribution in [3.05, 3.63) is 100 Å². The van der Waals surface area contributed by atoms with Gasteiger partial charge in [0.25, 0.3) is 5.91 Å². The van der Waals surface area contributed by atoms with Gasteiger partial charge in [-0.15, -0.1) is 0 Å². The Kier molecular flexibility index (Phi) is 6.39. The van der Waals surface area contributed by atoms with Crippen molar-refractivity contribution >= 4 is 33.5 Å². The van der Waals surface area contributed by atoms with Crippen molar-refractivity contribution in [3.63, 3.8) is 0 Å². The second-order valence-corrected chi connectivity index (χ2v) is 6.87. The zero-order chi connectivity index (χ0) is 19.1. The van der Waals surface area contributed by atoms with E-state index in [0.29, 0.717) is 17.7 Å². The highest BCUT2D eigenvalue weighted by molar-refractivity contribution is 9.10. The van der Waals surface area contributed by atoms with Crippen molar-refractivity contribution in [2.24, 2.45) is 0 Å². The standard InChI is InChI=1S/C22H18BrNO3/c23-18-10-12-19(13-11-18)24-21(25)15-27-22(26)20-9-5-4-8-17(20)14-16-6-2-1-3-7-16/h1-13H,14-15H2,(H,24,25). The van der Waals surface area contributed by atoms with E-state index in [1.807, 2.05) is 54.6 Å². The van der Waals surface area contributed by atoms with Crippen molar-refractivity contribution in [2.45, 2.75) is 6.42 Å². The Balaban J connectivity index is 1.61. The van der Waals surface area contributed by atoms with Gasteiger partial charge in [0.05, 0.1) is 5.56 Å². The third kappa shape index (κ3) is 5.53. The molecular formula is C22H18BrNO3. The Hall–Kier alpha value is -2.92. The molecule has 3 rings (SSSR count). The topological polar surface area (TPSA) is 55.4 Å². The van der Waals surface area contributed by atoms with Gasteiger partial charge in [0.15, 0.2) is 6.61 Å². The van der Waals surface area contributed by atoms with Crippen LogP contribution >= 0.6 is 15.9 Å². The van der Waals surface area contributed by atoms with Crippen molar-refractivity contribution in [3.8, 4) is 0 Å². The van der Waals surface area contributed by atoms with Gasteiger partial charge in [-0.05, 0) is 47.9 Å². The first-order valence-corrected chi connectivity index (χ1v) is 9.25. The quantitative estimate of drug-likeness (QED) is 0.577. The molecular weight excluding hydrogens is 406 g/mol. The van der Waals surface area contributed by atoms with E-state index in [-0.39, 0.29) is 12.5 Å². The number of hydrogen-bond acceptors (Lipinski definition) is 3. The molecule has 1 N–H and O–H groups in total. The van der Waals surface area contributed by atoms with Gasteiger partial charge in [0.2, 0.25) is 0 Å². The minimum atomic E-state index is -0.507. The fraction of sp³-hybridized carbons (Fsp3) is 0.0909. The van der Waals surface area contributed by atoms with Gasteiger partial charge in [-0.25, -0.2) is 4.79 Å². The highest BCUT2D eigenvalue weighted by atomic mass is 79.9. The molecule has 3 aromatic carbocycles. The maximum absolute atomic E-state index is 12.4. The molecule has 0 radical (unpaired) electrons. The monoisotopic (exact) mass is 423 g/mol. The SMILES string of the molecule is O=C(COC(=O)c1ccccc1Cc1ccccc1)Nc1ccc(Br)cc1. The molecule has 0 aliphatic heterocycles. The van der Waals surface area contributed by atoms with E-state index in [1.165, 1.54) is 0 Å². The van der Waals surface area contributed by atoms with E-state index in [1.54, 1.807) is 24.3 Å². The molecule has 0 saturated carbocycles. The molecule has 3 aromatic rings. The van der Waals surface area contributed by atoms with Crippen molar-refractivity contribution in [1.29, 1.82) is 0 Å². The maximum atomic E-state index is 12.4.